The fraction of sp³-hybridized carbons (Fsp3) is 0.692. The van der Waals surface area contributed by atoms with Crippen LogP contribution in [0.5, 0.6) is 5.88 Å². The Balaban J connectivity index is 1.62. The van der Waals surface area contributed by atoms with E-state index in [9.17, 15) is 4.79 Å². The molecule has 98 valence electrons. The third-order valence-electron chi connectivity index (χ3n) is 3.75. The Morgan fingerprint density at radius 3 is 2.72 bits per heavy atom. The smallest absolute Gasteiger partial charge is 0.264 e. The van der Waals surface area contributed by atoms with E-state index in [-0.39, 0.29) is 0 Å². The van der Waals surface area contributed by atoms with Crippen LogP contribution in [0.25, 0.3) is 0 Å². The van der Waals surface area contributed by atoms with Crippen LogP contribution in [0.3, 0.4) is 0 Å². The van der Waals surface area contributed by atoms with Crippen LogP contribution in [0.1, 0.15) is 59.1 Å². The van der Waals surface area contributed by atoms with Gasteiger partial charge >= 0.3 is 0 Å². The highest BCUT2D eigenvalue weighted by Gasteiger charge is 2.30. The first-order valence-corrected chi connectivity index (χ1v) is 7.49. The number of nitrogens with two attached hydrogens (primary N) is 1. The third-order valence-corrected chi connectivity index (χ3v) is 4.97. The van der Waals surface area contributed by atoms with E-state index < -0.39 is 5.91 Å². The Labute approximate surface area is 111 Å². The van der Waals surface area contributed by atoms with E-state index in [1.54, 1.807) is 0 Å². The van der Waals surface area contributed by atoms with Crippen LogP contribution in [0.4, 0.5) is 0 Å². The predicted molar refractivity (Wildman–Crippen MR) is 70.1 cm³/mol. The number of nitrogens with zero attached hydrogens (tertiary/aromatic N) is 1. The molecule has 4 nitrogen and oxygen atoms in total. The van der Waals surface area contributed by atoms with Gasteiger partial charge in [0.1, 0.15) is 5.01 Å². The lowest BCUT2D eigenvalue weighted by atomic mass is 9.83. The molecule has 0 aliphatic heterocycles. The summed E-state index contributed by atoms with van der Waals surface area (Å²) in [6.07, 6.45) is 7.39. The van der Waals surface area contributed by atoms with Crippen molar-refractivity contribution < 1.29 is 9.53 Å². The summed E-state index contributed by atoms with van der Waals surface area (Å²) in [5.41, 5.74) is 5.37. The lowest BCUT2D eigenvalue weighted by molar-refractivity contribution is 0.0999. The molecule has 0 radical (unpaired) electrons. The largest absolute Gasteiger partial charge is 0.476 e. The van der Waals surface area contributed by atoms with Gasteiger partial charge in [-0.2, -0.15) is 0 Å². The van der Waals surface area contributed by atoms with Crippen LogP contribution < -0.4 is 10.5 Å². The van der Waals surface area contributed by atoms with Crippen molar-refractivity contribution in [3.63, 3.8) is 0 Å². The summed E-state index contributed by atoms with van der Waals surface area (Å²) in [4.78, 5) is 16.3. The molecule has 0 unspecified atom stereocenters. The number of primary amides is 1. The number of thiazole rings is 1. The Morgan fingerprint density at radius 2 is 2.17 bits per heavy atom. The molecule has 2 N–H and O–H groups in total. The van der Waals surface area contributed by atoms with Crippen LogP contribution in [-0.4, -0.2) is 17.5 Å². The van der Waals surface area contributed by atoms with E-state index in [1.807, 2.05) is 0 Å². The van der Waals surface area contributed by atoms with Gasteiger partial charge in [-0.15, -0.1) is 11.3 Å². The summed E-state index contributed by atoms with van der Waals surface area (Å²) in [5, 5.41) is 1.02. The zero-order chi connectivity index (χ0) is 12.5. The molecule has 1 heterocycles. The molecule has 3 rings (SSSR count). The number of amides is 1. The maximum Gasteiger partial charge on any atom is 0.264 e. The van der Waals surface area contributed by atoms with Crippen molar-refractivity contribution in [1.29, 1.82) is 0 Å². The van der Waals surface area contributed by atoms with Gasteiger partial charge in [0.15, 0.2) is 4.88 Å². The summed E-state index contributed by atoms with van der Waals surface area (Å²) < 4.78 is 5.66. The summed E-state index contributed by atoms with van der Waals surface area (Å²) in [6.45, 7) is 0.652. The second-order valence-electron chi connectivity index (χ2n) is 5.26. The minimum Gasteiger partial charge on any atom is -0.476 e. The van der Waals surface area contributed by atoms with Gasteiger partial charge in [-0.05, 0) is 25.2 Å². The molecule has 2 aliphatic carbocycles. The van der Waals surface area contributed by atoms with E-state index >= 15 is 0 Å². The first-order valence-electron chi connectivity index (χ1n) is 6.67. The summed E-state index contributed by atoms with van der Waals surface area (Å²) in [7, 11) is 0. The number of hydrogen-bond acceptors (Lipinski definition) is 4. The number of rotatable bonds is 6. The molecule has 1 aromatic heterocycles. The lowest BCUT2D eigenvalue weighted by Gasteiger charge is -2.24. The van der Waals surface area contributed by atoms with Crippen LogP contribution in [0, 0.1) is 5.92 Å². The number of aromatic nitrogens is 1. The Morgan fingerprint density at radius 1 is 1.39 bits per heavy atom. The highest BCUT2D eigenvalue weighted by atomic mass is 32.1. The Hall–Kier alpha value is -1.10. The molecule has 1 aromatic rings. The van der Waals surface area contributed by atoms with Gasteiger partial charge in [0.05, 0.1) is 6.61 Å². The van der Waals surface area contributed by atoms with Crippen molar-refractivity contribution in [3.8, 4) is 5.88 Å². The van der Waals surface area contributed by atoms with Crippen LogP contribution in [0.2, 0.25) is 0 Å². The van der Waals surface area contributed by atoms with Crippen LogP contribution in [-0.2, 0) is 0 Å². The zero-order valence-electron chi connectivity index (χ0n) is 10.4. The molecule has 0 saturated heterocycles. The van der Waals surface area contributed by atoms with Crippen LogP contribution in [0.15, 0.2) is 0 Å². The topological polar surface area (TPSA) is 65.2 Å². The molecule has 0 spiro atoms. The van der Waals surface area contributed by atoms with Crippen molar-refractivity contribution in [2.24, 2.45) is 11.7 Å². The molecular formula is C13H18N2O2S. The average molecular weight is 266 g/mol. The molecule has 0 atom stereocenters. The second-order valence-corrected chi connectivity index (χ2v) is 6.29. The Bertz CT molecular complexity index is 450. The first kappa shape index (κ1) is 12.0. The van der Waals surface area contributed by atoms with Crippen LogP contribution >= 0.6 is 11.3 Å². The van der Waals surface area contributed by atoms with E-state index in [4.69, 9.17) is 10.5 Å². The van der Waals surface area contributed by atoms with Crippen molar-refractivity contribution in [3.05, 3.63) is 9.88 Å². The molecule has 0 bridgehead atoms. The summed E-state index contributed by atoms with van der Waals surface area (Å²) >= 11 is 1.41. The van der Waals surface area contributed by atoms with Gasteiger partial charge in [-0.1, -0.05) is 19.3 Å². The van der Waals surface area contributed by atoms with Crippen molar-refractivity contribution in [2.45, 2.75) is 44.4 Å². The van der Waals surface area contributed by atoms with Crippen molar-refractivity contribution >= 4 is 17.2 Å². The molecule has 2 saturated carbocycles. The lowest BCUT2D eigenvalue weighted by Crippen LogP contribution is -2.16. The summed E-state index contributed by atoms with van der Waals surface area (Å²) in [6, 6.07) is 0. The Kier molecular flexibility index (Phi) is 3.24. The van der Waals surface area contributed by atoms with Gasteiger partial charge in [0.25, 0.3) is 5.91 Å². The zero-order valence-corrected chi connectivity index (χ0v) is 11.2. The van der Waals surface area contributed by atoms with E-state index in [0.717, 1.165) is 17.3 Å². The maximum atomic E-state index is 11.4. The van der Waals surface area contributed by atoms with E-state index in [2.05, 4.69) is 4.98 Å². The standard InChI is InChI=1S/C13H18N2O2S/c14-11(16)10-12(15-13(18-10)9-4-5-9)17-7-6-8-2-1-3-8/h8-9H,1-7H2,(H2,14,16). The van der Waals surface area contributed by atoms with Gasteiger partial charge < -0.3 is 10.5 Å². The minimum absolute atomic E-state index is 0.418. The number of carbonyl (C=O) groups is 1. The monoisotopic (exact) mass is 266 g/mol. The van der Waals surface area contributed by atoms with Gasteiger partial charge in [0, 0.05) is 5.92 Å². The highest BCUT2D eigenvalue weighted by Crippen LogP contribution is 2.44. The number of ether oxygens (including phenoxy) is 1. The minimum atomic E-state index is -0.418. The number of hydrogen-bond donors (Lipinski definition) is 1. The molecular weight excluding hydrogens is 248 g/mol. The first-order chi connectivity index (χ1) is 8.74. The van der Waals surface area contributed by atoms with Crippen molar-refractivity contribution in [2.75, 3.05) is 6.61 Å². The van der Waals surface area contributed by atoms with E-state index in [0.29, 0.717) is 23.3 Å². The van der Waals surface area contributed by atoms with Gasteiger partial charge in [0.2, 0.25) is 5.88 Å². The number of carbonyl (C=O) groups excluding carboxylic acids is 1. The second kappa shape index (κ2) is 4.88. The van der Waals surface area contributed by atoms with Crippen molar-refractivity contribution in [1.82, 2.24) is 4.98 Å². The molecule has 5 heteroatoms. The average Bonchev–Trinajstić information content (AvgIpc) is 3.03. The molecule has 18 heavy (non-hydrogen) atoms. The highest BCUT2D eigenvalue weighted by molar-refractivity contribution is 7.14. The summed E-state index contributed by atoms with van der Waals surface area (Å²) in [5.74, 6) is 1.40. The predicted octanol–water partition coefficient (Wildman–Crippen LogP) is 2.69. The SMILES string of the molecule is NC(=O)c1sc(C2CC2)nc1OCCC1CCC1. The fourth-order valence-corrected chi connectivity index (χ4v) is 3.22. The van der Waals surface area contributed by atoms with E-state index in [1.165, 1.54) is 43.4 Å². The molecule has 1 amide bonds. The maximum absolute atomic E-state index is 11.4. The molecule has 0 aromatic carbocycles. The molecule has 2 fully saturated rings. The third kappa shape index (κ3) is 2.51. The van der Waals surface area contributed by atoms with Gasteiger partial charge in [-0.3, -0.25) is 4.79 Å². The molecule has 2 aliphatic rings. The van der Waals surface area contributed by atoms with Gasteiger partial charge in [-0.25, -0.2) is 4.98 Å². The normalized spacial score (nSPS) is 19.6. The quantitative estimate of drug-likeness (QED) is 0.861. The fourth-order valence-electron chi connectivity index (χ4n) is 2.18.